The lowest BCUT2D eigenvalue weighted by atomic mass is 10.1. The topological polar surface area (TPSA) is 118 Å². The Balaban J connectivity index is 1.56. The molecule has 35 heavy (non-hydrogen) atoms. The number of carbonyl (C=O) groups excluding carboxylic acids is 1. The largest absolute Gasteiger partial charge is 0.493 e. The summed E-state index contributed by atoms with van der Waals surface area (Å²) in [5.41, 5.74) is 9.10. The molecule has 4 aromatic rings. The molecule has 9 nitrogen and oxygen atoms in total. The first-order valence-electron chi connectivity index (χ1n) is 10.5. The van der Waals surface area contributed by atoms with Crippen molar-refractivity contribution < 1.29 is 23.7 Å². The second kappa shape index (κ2) is 10.6. The van der Waals surface area contributed by atoms with Crippen molar-refractivity contribution in [2.45, 2.75) is 6.92 Å². The first-order chi connectivity index (χ1) is 17.0. The molecule has 0 radical (unpaired) electrons. The number of ether oxygens (including phenoxy) is 4. The van der Waals surface area contributed by atoms with Gasteiger partial charge in [0, 0.05) is 28.8 Å². The van der Waals surface area contributed by atoms with Gasteiger partial charge in [0.05, 0.1) is 39.2 Å². The molecule has 0 saturated carbocycles. The lowest BCUT2D eigenvalue weighted by molar-refractivity contribution is 0.0526. The van der Waals surface area contributed by atoms with E-state index in [0.29, 0.717) is 46.1 Å². The number of benzene rings is 2. The van der Waals surface area contributed by atoms with Crippen molar-refractivity contribution in [3.8, 4) is 38.4 Å². The number of nitrogens with zero attached hydrogens (tertiary/aromatic N) is 2. The van der Waals surface area contributed by atoms with Crippen molar-refractivity contribution in [1.82, 2.24) is 9.97 Å². The van der Waals surface area contributed by atoms with Gasteiger partial charge in [0.2, 0.25) is 5.75 Å². The monoisotopic (exact) mass is 512 g/mol. The quantitative estimate of drug-likeness (QED) is 0.282. The van der Waals surface area contributed by atoms with Crippen LogP contribution in [-0.4, -0.2) is 43.9 Å². The minimum atomic E-state index is -0.345. The molecule has 11 heteroatoms. The van der Waals surface area contributed by atoms with E-state index in [1.807, 2.05) is 17.5 Å². The average Bonchev–Trinajstić information content (AvgIpc) is 3.50. The number of nitrogens with two attached hydrogens (primary N) is 1. The highest BCUT2D eigenvalue weighted by Crippen LogP contribution is 2.43. The smallest absolute Gasteiger partial charge is 0.338 e. The number of nitrogens with one attached hydrogen (secondary N) is 1. The Morgan fingerprint density at radius 1 is 1.03 bits per heavy atom. The van der Waals surface area contributed by atoms with Crippen molar-refractivity contribution in [3.63, 3.8) is 0 Å². The van der Waals surface area contributed by atoms with Crippen LogP contribution in [-0.2, 0) is 4.74 Å². The van der Waals surface area contributed by atoms with Gasteiger partial charge in [-0.3, -0.25) is 0 Å². The number of hydrogen-bond donors (Lipinski definition) is 2. The molecule has 0 bridgehead atoms. The van der Waals surface area contributed by atoms with Crippen LogP contribution in [0, 0.1) is 0 Å². The van der Waals surface area contributed by atoms with Gasteiger partial charge in [-0.25, -0.2) is 14.8 Å². The maximum absolute atomic E-state index is 11.9. The van der Waals surface area contributed by atoms with E-state index in [-0.39, 0.29) is 5.97 Å². The number of carbonyl (C=O) groups is 1. The minimum absolute atomic E-state index is 0.336. The number of thiazole rings is 2. The molecule has 3 N–H and O–H groups in total. The fourth-order valence-corrected chi connectivity index (χ4v) is 5.15. The summed E-state index contributed by atoms with van der Waals surface area (Å²) < 4.78 is 21.2. The number of rotatable bonds is 9. The van der Waals surface area contributed by atoms with Crippen LogP contribution in [0.4, 0.5) is 16.6 Å². The van der Waals surface area contributed by atoms with Crippen molar-refractivity contribution >= 4 is 45.3 Å². The van der Waals surface area contributed by atoms with Gasteiger partial charge in [0.1, 0.15) is 15.7 Å². The Bertz CT molecular complexity index is 1310. The average molecular weight is 513 g/mol. The second-order valence-corrected chi connectivity index (χ2v) is 8.97. The van der Waals surface area contributed by atoms with Gasteiger partial charge in [0.25, 0.3) is 0 Å². The molecule has 4 rings (SSSR count). The highest BCUT2D eigenvalue weighted by Gasteiger charge is 2.18. The molecule has 0 atom stereocenters. The Hall–Kier alpha value is -3.83. The third-order valence-corrected chi connectivity index (χ3v) is 6.94. The SMILES string of the molecule is CCOC(=O)c1ccc(-c2csc(-c3sc(Nc4cc(OC)c(OC)c(OC)c4)nc3N)n2)cc1. The summed E-state index contributed by atoms with van der Waals surface area (Å²) in [5.74, 6) is 1.59. The van der Waals surface area contributed by atoms with Crippen LogP contribution < -0.4 is 25.3 Å². The van der Waals surface area contributed by atoms with Gasteiger partial charge < -0.3 is 30.0 Å². The molecule has 0 aliphatic carbocycles. The number of anilines is 3. The zero-order valence-electron chi connectivity index (χ0n) is 19.6. The number of nitrogen functional groups attached to an aromatic ring is 1. The lowest BCUT2D eigenvalue weighted by Crippen LogP contribution is -2.03. The van der Waals surface area contributed by atoms with Crippen LogP contribution >= 0.6 is 22.7 Å². The zero-order valence-corrected chi connectivity index (χ0v) is 21.2. The van der Waals surface area contributed by atoms with Crippen molar-refractivity contribution in [2.24, 2.45) is 0 Å². The first kappa shape index (κ1) is 24.3. The van der Waals surface area contributed by atoms with Gasteiger partial charge in [-0.15, -0.1) is 11.3 Å². The first-order valence-corrected chi connectivity index (χ1v) is 12.2. The number of aromatic nitrogens is 2. The summed E-state index contributed by atoms with van der Waals surface area (Å²) >= 11 is 2.86. The van der Waals surface area contributed by atoms with Crippen LogP contribution in [0.5, 0.6) is 17.2 Å². The number of methoxy groups -OCH3 is 3. The molecule has 0 amide bonds. The Labute approximate surface area is 210 Å². The molecule has 0 fully saturated rings. The van der Waals surface area contributed by atoms with E-state index in [1.165, 1.54) is 22.7 Å². The van der Waals surface area contributed by atoms with E-state index in [9.17, 15) is 4.79 Å². The van der Waals surface area contributed by atoms with Crippen LogP contribution in [0.3, 0.4) is 0 Å². The summed E-state index contributed by atoms with van der Waals surface area (Å²) in [6.45, 7) is 2.11. The highest BCUT2D eigenvalue weighted by atomic mass is 32.1. The molecular formula is C24H24N4O5S2. The second-order valence-electron chi connectivity index (χ2n) is 7.11. The van der Waals surface area contributed by atoms with Crippen LogP contribution in [0.25, 0.3) is 21.1 Å². The molecule has 182 valence electrons. The highest BCUT2D eigenvalue weighted by molar-refractivity contribution is 7.23. The van der Waals surface area contributed by atoms with Crippen molar-refractivity contribution in [2.75, 3.05) is 39.0 Å². The summed E-state index contributed by atoms with van der Waals surface area (Å²) in [4.78, 5) is 21.8. The molecule has 2 aromatic carbocycles. The predicted octanol–water partition coefficient (Wildman–Crippen LogP) is 5.46. The van der Waals surface area contributed by atoms with Gasteiger partial charge in [0.15, 0.2) is 16.6 Å². The van der Waals surface area contributed by atoms with Crippen LogP contribution in [0.2, 0.25) is 0 Å². The molecule has 0 aliphatic heterocycles. The fourth-order valence-electron chi connectivity index (χ4n) is 3.32. The van der Waals surface area contributed by atoms with E-state index in [4.69, 9.17) is 29.7 Å². The molecule has 0 saturated heterocycles. The van der Waals surface area contributed by atoms with Crippen molar-refractivity contribution in [3.05, 3.63) is 47.3 Å². The third kappa shape index (κ3) is 5.15. The summed E-state index contributed by atoms with van der Waals surface area (Å²) in [7, 11) is 4.67. The Morgan fingerprint density at radius 3 is 2.31 bits per heavy atom. The van der Waals surface area contributed by atoms with Crippen LogP contribution in [0.15, 0.2) is 41.8 Å². The normalized spacial score (nSPS) is 10.6. The van der Waals surface area contributed by atoms with E-state index in [0.717, 1.165) is 21.1 Å². The molecule has 0 aliphatic rings. The molecule has 0 unspecified atom stereocenters. The van der Waals surface area contributed by atoms with E-state index < -0.39 is 0 Å². The van der Waals surface area contributed by atoms with Crippen molar-refractivity contribution in [1.29, 1.82) is 0 Å². The molecule has 0 spiro atoms. The van der Waals surface area contributed by atoms with Crippen LogP contribution in [0.1, 0.15) is 17.3 Å². The van der Waals surface area contributed by atoms with E-state index in [2.05, 4.69) is 10.3 Å². The van der Waals surface area contributed by atoms with Gasteiger partial charge >= 0.3 is 5.97 Å². The fraction of sp³-hybridized carbons (Fsp3) is 0.208. The van der Waals surface area contributed by atoms with Gasteiger partial charge in [-0.2, -0.15) is 0 Å². The summed E-state index contributed by atoms with van der Waals surface area (Å²) in [6, 6.07) is 10.7. The van der Waals surface area contributed by atoms with Gasteiger partial charge in [-0.05, 0) is 19.1 Å². The molecule has 2 heterocycles. The maximum Gasteiger partial charge on any atom is 0.338 e. The Kier molecular flexibility index (Phi) is 7.37. The minimum Gasteiger partial charge on any atom is -0.493 e. The zero-order chi connectivity index (χ0) is 24.9. The van der Waals surface area contributed by atoms with Gasteiger partial charge in [-0.1, -0.05) is 23.5 Å². The lowest BCUT2D eigenvalue weighted by Gasteiger charge is -2.14. The predicted molar refractivity (Wildman–Crippen MR) is 138 cm³/mol. The maximum atomic E-state index is 11.9. The number of hydrogen-bond acceptors (Lipinski definition) is 11. The van der Waals surface area contributed by atoms with E-state index in [1.54, 1.807) is 52.5 Å². The Morgan fingerprint density at radius 2 is 1.71 bits per heavy atom. The summed E-state index contributed by atoms with van der Waals surface area (Å²) in [5, 5.41) is 6.54. The standard InChI is InChI=1S/C24H24N4O5S2/c1-5-33-23(29)14-8-6-13(7-9-14)16-12-34-22(27-16)20-21(25)28-24(35-20)26-15-10-17(30-2)19(32-4)18(11-15)31-3/h6-12H,5,25H2,1-4H3,(H,26,28). The molecule has 2 aromatic heterocycles. The number of esters is 1. The third-order valence-electron chi connectivity index (χ3n) is 4.96. The van der Waals surface area contributed by atoms with E-state index >= 15 is 0 Å². The summed E-state index contributed by atoms with van der Waals surface area (Å²) in [6.07, 6.45) is 0. The molecular weight excluding hydrogens is 488 g/mol.